The van der Waals surface area contributed by atoms with Gasteiger partial charge in [-0.1, -0.05) is 23.9 Å². The van der Waals surface area contributed by atoms with E-state index >= 15 is 0 Å². The summed E-state index contributed by atoms with van der Waals surface area (Å²) in [4.78, 5) is 49.3. The zero-order valence-corrected chi connectivity index (χ0v) is 19.4. The highest BCUT2D eigenvalue weighted by Crippen LogP contribution is 2.41. The third-order valence-corrected chi connectivity index (χ3v) is 7.59. The van der Waals surface area contributed by atoms with Gasteiger partial charge in [-0.25, -0.2) is 9.48 Å². The van der Waals surface area contributed by atoms with Crippen molar-refractivity contribution in [3.63, 3.8) is 0 Å². The number of carbonyl (C=O) groups excluding carboxylic acids is 2. The van der Waals surface area contributed by atoms with E-state index < -0.39 is 47.8 Å². The van der Waals surface area contributed by atoms with Gasteiger partial charge in [0, 0.05) is 17.2 Å². The standard InChI is InChI=1S/C19H19N7O7S2/c20-10-3-1-8(2-4-10)14(29)15(30)21-12-16(31)26-13(18(32)33)9(6-34-17(12)26)7-35-19-22-23-24-25(19)5-11(27)28/h1-4,12,14,17,29H,5-7,20H2,(H,21,30)(H,27,28)(H,32,33)/t12?,14-,17-/m1/s1. The molecule has 2 amide bonds. The molecule has 3 atom stereocenters. The van der Waals surface area contributed by atoms with E-state index in [2.05, 4.69) is 20.8 Å². The number of aliphatic carboxylic acids is 2. The lowest BCUT2D eigenvalue weighted by molar-refractivity contribution is -0.151. The smallest absolute Gasteiger partial charge is 0.352 e. The number of nitrogens with two attached hydrogens (primary N) is 1. The molecule has 1 fully saturated rings. The normalized spacial score (nSPS) is 20.1. The van der Waals surface area contributed by atoms with Gasteiger partial charge in [0.25, 0.3) is 11.8 Å². The fourth-order valence-corrected chi connectivity index (χ4v) is 5.90. The third kappa shape index (κ3) is 4.94. The molecule has 0 aliphatic carbocycles. The van der Waals surface area contributed by atoms with Crippen molar-refractivity contribution in [2.45, 2.75) is 29.2 Å². The molecule has 1 unspecified atom stereocenters. The van der Waals surface area contributed by atoms with Crippen LogP contribution in [0.1, 0.15) is 11.7 Å². The van der Waals surface area contributed by atoms with E-state index in [0.717, 1.165) is 21.3 Å². The number of aromatic nitrogens is 4. The van der Waals surface area contributed by atoms with Gasteiger partial charge in [-0.15, -0.1) is 16.9 Å². The Labute approximate surface area is 205 Å². The van der Waals surface area contributed by atoms with E-state index in [9.17, 15) is 29.4 Å². The summed E-state index contributed by atoms with van der Waals surface area (Å²) < 4.78 is 1.07. The number of thioether (sulfide) groups is 2. The zero-order chi connectivity index (χ0) is 25.3. The molecule has 2 aliphatic rings. The van der Waals surface area contributed by atoms with Gasteiger partial charge in [-0.05, 0) is 33.7 Å². The number of carboxylic acid groups (broad SMARTS) is 2. The third-order valence-electron chi connectivity index (χ3n) is 5.21. The van der Waals surface area contributed by atoms with Crippen molar-refractivity contribution in [3.05, 3.63) is 41.1 Å². The highest BCUT2D eigenvalue weighted by molar-refractivity contribution is 8.01. The van der Waals surface area contributed by atoms with Gasteiger partial charge in [0.1, 0.15) is 23.7 Å². The van der Waals surface area contributed by atoms with Crippen LogP contribution in [0.4, 0.5) is 5.69 Å². The molecule has 184 valence electrons. The number of aliphatic hydroxyl groups excluding tert-OH is 1. The Morgan fingerprint density at radius 3 is 2.63 bits per heavy atom. The number of aliphatic hydroxyl groups is 1. The van der Waals surface area contributed by atoms with Crippen LogP contribution in [0.25, 0.3) is 0 Å². The van der Waals surface area contributed by atoms with Crippen molar-refractivity contribution >= 4 is 53.0 Å². The first kappa shape index (κ1) is 24.5. The number of rotatable bonds is 9. The van der Waals surface area contributed by atoms with Crippen LogP contribution in [0.5, 0.6) is 0 Å². The van der Waals surface area contributed by atoms with Crippen molar-refractivity contribution in [2.24, 2.45) is 0 Å². The van der Waals surface area contributed by atoms with E-state index in [1.807, 2.05) is 0 Å². The number of tetrazole rings is 1. The zero-order valence-electron chi connectivity index (χ0n) is 17.8. The molecule has 35 heavy (non-hydrogen) atoms. The molecule has 0 radical (unpaired) electrons. The van der Waals surface area contributed by atoms with Crippen LogP contribution >= 0.6 is 23.5 Å². The van der Waals surface area contributed by atoms with Gasteiger partial charge in [-0.3, -0.25) is 19.3 Å². The van der Waals surface area contributed by atoms with Gasteiger partial charge in [0.05, 0.1) is 0 Å². The van der Waals surface area contributed by atoms with E-state index in [-0.39, 0.29) is 22.4 Å². The molecule has 0 saturated carbocycles. The summed E-state index contributed by atoms with van der Waals surface area (Å²) in [7, 11) is 0. The quantitative estimate of drug-likeness (QED) is 0.151. The second kappa shape index (κ2) is 9.93. The monoisotopic (exact) mass is 521 g/mol. The average molecular weight is 522 g/mol. The summed E-state index contributed by atoms with van der Waals surface area (Å²) in [6.45, 7) is -0.453. The summed E-state index contributed by atoms with van der Waals surface area (Å²) in [5, 5.41) is 41.8. The first-order chi connectivity index (χ1) is 16.7. The van der Waals surface area contributed by atoms with Crippen LogP contribution in [-0.2, 0) is 25.7 Å². The lowest BCUT2D eigenvalue weighted by Gasteiger charge is -2.49. The van der Waals surface area contributed by atoms with E-state index in [4.69, 9.17) is 10.8 Å². The highest BCUT2D eigenvalue weighted by atomic mass is 32.2. The maximum Gasteiger partial charge on any atom is 0.352 e. The first-order valence-electron chi connectivity index (χ1n) is 10.0. The van der Waals surface area contributed by atoms with E-state index in [1.165, 1.54) is 36.0 Å². The number of fused-ring (bicyclic) bond motifs is 1. The lowest BCUT2D eigenvalue weighted by Crippen LogP contribution is -2.70. The number of nitrogens with one attached hydrogen (secondary N) is 1. The molecule has 6 N–H and O–H groups in total. The van der Waals surface area contributed by atoms with Crippen molar-refractivity contribution in [2.75, 3.05) is 17.2 Å². The summed E-state index contributed by atoms with van der Waals surface area (Å²) in [5.41, 5.74) is 6.59. The molecule has 0 spiro atoms. The SMILES string of the molecule is Nc1ccc([C@@H](O)C(=O)NC2C(=O)N3C(C(=O)O)=C(CSc4nnnn4CC(=O)O)CS[C@H]23)cc1. The minimum atomic E-state index is -1.52. The highest BCUT2D eigenvalue weighted by Gasteiger charge is 2.54. The topological polar surface area (TPSA) is 214 Å². The molecular weight excluding hydrogens is 502 g/mol. The molecule has 2 aliphatic heterocycles. The van der Waals surface area contributed by atoms with E-state index in [1.54, 1.807) is 0 Å². The van der Waals surface area contributed by atoms with Crippen LogP contribution in [-0.4, -0.2) is 87.1 Å². The number of hydrogen-bond donors (Lipinski definition) is 5. The molecule has 0 bridgehead atoms. The Morgan fingerprint density at radius 1 is 1.26 bits per heavy atom. The number of nitrogen functional groups attached to an aromatic ring is 1. The van der Waals surface area contributed by atoms with Crippen LogP contribution in [0.2, 0.25) is 0 Å². The van der Waals surface area contributed by atoms with Gasteiger partial charge in [0.2, 0.25) is 5.16 Å². The minimum Gasteiger partial charge on any atom is -0.480 e. The van der Waals surface area contributed by atoms with Crippen molar-refractivity contribution in [1.29, 1.82) is 0 Å². The van der Waals surface area contributed by atoms with E-state index in [0.29, 0.717) is 16.8 Å². The van der Waals surface area contributed by atoms with Crippen LogP contribution < -0.4 is 11.1 Å². The van der Waals surface area contributed by atoms with Gasteiger partial charge in [0.15, 0.2) is 6.10 Å². The molecule has 3 heterocycles. The molecule has 4 rings (SSSR count). The van der Waals surface area contributed by atoms with Gasteiger partial charge < -0.3 is 26.4 Å². The second-order valence-corrected chi connectivity index (χ2v) is 9.57. The fraction of sp³-hybridized carbons (Fsp3) is 0.316. The Kier molecular flexibility index (Phi) is 6.95. The predicted octanol–water partition coefficient (Wildman–Crippen LogP) is -1.10. The van der Waals surface area contributed by atoms with Crippen LogP contribution in [0, 0.1) is 0 Å². The van der Waals surface area contributed by atoms with Crippen molar-refractivity contribution < 1.29 is 34.5 Å². The number of anilines is 1. The number of β-lactam (4-membered cyclic amide) rings is 1. The molecule has 2 aromatic rings. The predicted molar refractivity (Wildman–Crippen MR) is 122 cm³/mol. The maximum absolute atomic E-state index is 12.8. The number of carboxylic acids is 2. The largest absolute Gasteiger partial charge is 0.480 e. The molecule has 16 heteroatoms. The number of amides is 2. The van der Waals surface area contributed by atoms with Crippen molar-refractivity contribution in [3.8, 4) is 0 Å². The van der Waals surface area contributed by atoms with Gasteiger partial charge in [-0.2, -0.15) is 0 Å². The summed E-state index contributed by atoms with van der Waals surface area (Å²) in [6, 6.07) is 5.05. The second-order valence-electron chi connectivity index (χ2n) is 7.52. The van der Waals surface area contributed by atoms with Crippen molar-refractivity contribution in [1.82, 2.24) is 30.4 Å². The van der Waals surface area contributed by atoms with Crippen LogP contribution in [0.3, 0.4) is 0 Å². The number of hydrogen-bond acceptors (Lipinski definition) is 11. The minimum absolute atomic E-state index is 0.109. The molecule has 1 aromatic heterocycles. The fourth-order valence-electron chi connectivity index (χ4n) is 3.54. The molecule has 1 aromatic carbocycles. The maximum atomic E-state index is 12.8. The Balaban J connectivity index is 1.45. The van der Waals surface area contributed by atoms with Crippen LogP contribution in [0.15, 0.2) is 40.7 Å². The van der Waals surface area contributed by atoms with Gasteiger partial charge >= 0.3 is 11.9 Å². The molecule has 1 saturated heterocycles. The molecular formula is C19H19N7O7S2. The summed E-state index contributed by atoms with van der Waals surface area (Å²) >= 11 is 2.31. The lowest BCUT2D eigenvalue weighted by atomic mass is 10.0. The Hall–Kier alpha value is -3.63. The first-order valence-corrected chi connectivity index (χ1v) is 12.1. The molecule has 14 nitrogen and oxygen atoms in total. The number of nitrogens with zero attached hydrogens (tertiary/aromatic N) is 5. The number of carbonyl (C=O) groups is 4. The Bertz CT molecular complexity index is 1220. The summed E-state index contributed by atoms with van der Waals surface area (Å²) in [5.74, 6) is -3.50. The average Bonchev–Trinajstić information content (AvgIpc) is 3.26. The Morgan fingerprint density at radius 2 is 1.97 bits per heavy atom. The summed E-state index contributed by atoms with van der Waals surface area (Å²) in [6.07, 6.45) is -1.52. The number of benzene rings is 1.